The molecule has 0 spiro atoms. The van der Waals surface area contributed by atoms with Gasteiger partial charge in [-0.1, -0.05) is 92.5 Å². The van der Waals surface area contributed by atoms with E-state index in [1.807, 2.05) is 36.4 Å². The summed E-state index contributed by atoms with van der Waals surface area (Å²) in [5.74, 6) is 1.77. The van der Waals surface area contributed by atoms with Gasteiger partial charge in [0.05, 0.1) is 0 Å². The van der Waals surface area contributed by atoms with E-state index in [1.165, 1.54) is 11.1 Å². The predicted molar refractivity (Wildman–Crippen MR) is 127 cm³/mol. The van der Waals surface area contributed by atoms with Crippen molar-refractivity contribution in [2.24, 2.45) is 0 Å². The van der Waals surface area contributed by atoms with Crippen molar-refractivity contribution in [3.8, 4) is 11.5 Å². The maximum atomic E-state index is 6.45. The Bertz CT molecular complexity index is 1000. The van der Waals surface area contributed by atoms with Gasteiger partial charge in [-0.2, -0.15) is 0 Å². The molecule has 0 N–H and O–H groups in total. The molecule has 0 saturated heterocycles. The van der Waals surface area contributed by atoms with Gasteiger partial charge in [0, 0.05) is 32.9 Å². The lowest BCUT2D eigenvalue weighted by Crippen LogP contribution is -1.97. The topological polar surface area (TPSA) is 9.23 Å². The van der Waals surface area contributed by atoms with E-state index in [0.717, 1.165) is 44.4 Å². The maximum absolute atomic E-state index is 6.45. The van der Waals surface area contributed by atoms with Crippen molar-refractivity contribution < 1.29 is 4.74 Å². The van der Waals surface area contributed by atoms with Crippen molar-refractivity contribution in [2.45, 2.75) is 12.8 Å². The van der Waals surface area contributed by atoms with Crippen LogP contribution in [0.5, 0.6) is 11.5 Å². The minimum atomic E-state index is 0.820. The molecule has 0 saturated carbocycles. The van der Waals surface area contributed by atoms with Crippen LogP contribution >= 0.6 is 31.9 Å². The van der Waals surface area contributed by atoms with Crippen LogP contribution in [0.3, 0.4) is 0 Å². The third kappa shape index (κ3) is 5.37. The average Bonchev–Trinajstić information content (AvgIpc) is 2.73. The molecule has 4 rings (SSSR count). The fraction of sp³-hybridized carbons (Fsp3) is 0.0769. The molecule has 0 unspecified atom stereocenters. The summed E-state index contributed by atoms with van der Waals surface area (Å²) in [5, 5.41) is 0. The van der Waals surface area contributed by atoms with E-state index in [0.29, 0.717) is 0 Å². The molecular formula is C26H20Br2O. The van der Waals surface area contributed by atoms with Gasteiger partial charge in [-0.05, 0) is 47.5 Å². The zero-order chi connectivity index (χ0) is 20.1. The summed E-state index contributed by atoms with van der Waals surface area (Å²) in [6, 6.07) is 33.3. The normalized spacial score (nSPS) is 10.7. The molecule has 0 heterocycles. The first-order valence-electron chi connectivity index (χ1n) is 9.50. The molecular weight excluding hydrogens is 488 g/mol. The van der Waals surface area contributed by atoms with Gasteiger partial charge in [-0.15, -0.1) is 0 Å². The van der Waals surface area contributed by atoms with Gasteiger partial charge in [0.15, 0.2) is 0 Å². The van der Waals surface area contributed by atoms with Crippen LogP contribution in [0.2, 0.25) is 0 Å². The second-order valence-corrected chi connectivity index (χ2v) is 8.76. The number of ether oxygens (including phenoxy) is 1. The van der Waals surface area contributed by atoms with Crippen molar-refractivity contribution in [3.05, 3.63) is 128 Å². The van der Waals surface area contributed by atoms with Crippen LogP contribution in [0.1, 0.15) is 22.3 Å². The van der Waals surface area contributed by atoms with Crippen molar-refractivity contribution >= 4 is 31.9 Å². The molecule has 1 nitrogen and oxygen atoms in total. The first-order chi connectivity index (χ1) is 14.2. The van der Waals surface area contributed by atoms with Crippen LogP contribution in [0.15, 0.2) is 106 Å². The van der Waals surface area contributed by atoms with Gasteiger partial charge < -0.3 is 4.74 Å². The second kappa shape index (κ2) is 9.43. The average molecular weight is 508 g/mol. The summed E-state index contributed by atoms with van der Waals surface area (Å²) >= 11 is 7.20. The Kier molecular flexibility index (Phi) is 6.48. The fourth-order valence-electron chi connectivity index (χ4n) is 3.32. The number of hydrogen-bond donors (Lipinski definition) is 0. The molecule has 0 aromatic heterocycles. The lowest BCUT2D eigenvalue weighted by Gasteiger charge is -2.15. The Morgan fingerprint density at radius 1 is 0.517 bits per heavy atom. The highest BCUT2D eigenvalue weighted by Crippen LogP contribution is 2.34. The minimum absolute atomic E-state index is 0.820. The van der Waals surface area contributed by atoms with E-state index in [-0.39, 0.29) is 0 Å². The molecule has 4 aromatic carbocycles. The molecule has 29 heavy (non-hydrogen) atoms. The van der Waals surface area contributed by atoms with Crippen LogP contribution in [0.4, 0.5) is 0 Å². The number of rotatable bonds is 6. The minimum Gasteiger partial charge on any atom is -0.457 e. The van der Waals surface area contributed by atoms with Crippen molar-refractivity contribution in [3.63, 3.8) is 0 Å². The molecule has 0 aliphatic rings. The predicted octanol–water partition coefficient (Wildman–Crippen LogP) is 8.19. The Hall–Kier alpha value is -2.36. The highest BCUT2D eigenvalue weighted by molar-refractivity contribution is 9.10. The Labute approximate surface area is 188 Å². The second-order valence-electron chi connectivity index (χ2n) is 6.93. The zero-order valence-electron chi connectivity index (χ0n) is 15.8. The number of halogens is 2. The first-order valence-corrected chi connectivity index (χ1v) is 11.1. The monoisotopic (exact) mass is 506 g/mol. The molecule has 0 amide bonds. The van der Waals surface area contributed by atoms with Crippen LogP contribution in [-0.4, -0.2) is 0 Å². The van der Waals surface area contributed by atoms with Crippen LogP contribution in [0, 0.1) is 0 Å². The molecule has 0 aliphatic carbocycles. The fourth-order valence-corrected chi connectivity index (χ4v) is 4.14. The summed E-state index contributed by atoms with van der Waals surface area (Å²) in [7, 11) is 0. The molecule has 4 aromatic rings. The van der Waals surface area contributed by atoms with E-state index in [9.17, 15) is 0 Å². The van der Waals surface area contributed by atoms with E-state index < -0.39 is 0 Å². The standard InChI is InChI=1S/C26H20Br2O/c27-23-11-13-25(21(17-23)15-19-7-3-1-4-8-19)29-26-14-12-24(28)18-22(26)16-20-9-5-2-6-10-20/h1-14,17-18H,15-16H2. The van der Waals surface area contributed by atoms with E-state index in [2.05, 4.69) is 92.5 Å². The molecule has 0 bridgehead atoms. The molecule has 0 aliphatic heterocycles. The quantitative estimate of drug-likeness (QED) is 0.255. The molecule has 0 atom stereocenters. The van der Waals surface area contributed by atoms with Gasteiger partial charge in [0.25, 0.3) is 0 Å². The van der Waals surface area contributed by atoms with Crippen LogP contribution in [0.25, 0.3) is 0 Å². The van der Waals surface area contributed by atoms with E-state index >= 15 is 0 Å². The Balaban J connectivity index is 1.66. The van der Waals surface area contributed by atoms with Gasteiger partial charge in [-0.25, -0.2) is 0 Å². The SMILES string of the molecule is Brc1ccc(Oc2ccc(Br)cc2Cc2ccccc2)c(Cc2ccccc2)c1. The molecule has 0 radical (unpaired) electrons. The van der Waals surface area contributed by atoms with Crippen LogP contribution in [-0.2, 0) is 12.8 Å². The summed E-state index contributed by atoms with van der Waals surface area (Å²) in [6.45, 7) is 0. The number of hydrogen-bond acceptors (Lipinski definition) is 1. The lowest BCUT2D eigenvalue weighted by molar-refractivity contribution is 0.472. The van der Waals surface area contributed by atoms with Crippen molar-refractivity contribution in [1.82, 2.24) is 0 Å². The van der Waals surface area contributed by atoms with E-state index in [1.54, 1.807) is 0 Å². The van der Waals surface area contributed by atoms with Gasteiger partial charge in [0.2, 0.25) is 0 Å². The van der Waals surface area contributed by atoms with Crippen LogP contribution < -0.4 is 4.74 Å². The third-order valence-electron chi connectivity index (χ3n) is 4.74. The third-order valence-corrected chi connectivity index (χ3v) is 5.73. The zero-order valence-corrected chi connectivity index (χ0v) is 19.0. The highest BCUT2D eigenvalue weighted by atomic mass is 79.9. The Morgan fingerprint density at radius 3 is 1.34 bits per heavy atom. The number of benzene rings is 4. The molecule has 3 heteroatoms. The van der Waals surface area contributed by atoms with Crippen molar-refractivity contribution in [2.75, 3.05) is 0 Å². The summed E-state index contributed by atoms with van der Waals surface area (Å²) < 4.78 is 8.56. The summed E-state index contributed by atoms with van der Waals surface area (Å²) in [4.78, 5) is 0. The summed E-state index contributed by atoms with van der Waals surface area (Å²) in [5.41, 5.74) is 4.82. The highest BCUT2D eigenvalue weighted by Gasteiger charge is 2.11. The van der Waals surface area contributed by atoms with E-state index in [4.69, 9.17) is 4.74 Å². The van der Waals surface area contributed by atoms with Gasteiger partial charge in [0.1, 0.15) is 11.5 Å². The lowest BCUT2D eigenvalue weighted by atomic mass is 10.0. The largest absolute Gasteiger partial charge is 0.457 e. The smallest absolute Gasteiger partial charge is 0.131 e. The molecule has 144 valence electrons. The van der Waals surface area contributed by atoms with Crippen molar-refractivity contribution in [1.29, 1.82) is 0 Å². The van der Waals surface area contributed by atoms with Gasteiger partial charge >= 0.3 is 0 Å². The molecule has 0 fully saturated rings. The Morgan fingerprint density at radius 2 is 0.931 bits per heavy atom. The van der Waals surface area contributed by atoms with Gasteiger partial charge in [-0.3, -0.25) is 0 Å². The summed E-state index contributed by atoms with van der Waals surface area (Å²) in [6.07, 6.45) is 1.64. The maximum Gasteiger partial charge on any atom is 0.131 e. The first kappa shape index (κ1) is 19.9.